The Morgan fingerprint density at radius 3 is 3.13 bits per heavy atom. The summed E-state index contributed by atoms with van der Waals surface area (Å²) < 4.78 is 18.7. The minimum Gasteiger partial charge on any atom is -0.373 e. The molecule has 1 aromatic carbocycles. The monoisotopic (exact) mass is 209 g/mol. The van der Waals surface area contributed by atoms with E-state index in [0.717, 1.165) is 25.1 Å². The fraction of sp³-hybridized carbons (Fsp3) is 0.500. The van der Waals surface area contributed by atoms with Crippen LogP contribution in [0.5, 0.6) is 0 Å². The Kier molecular flexibility index (Phi) is 3.34. The highest BCUT2D eigenvalue weighted by molar-refractivity contribution is 5.20. The van der Waals surface area contributed by atoms with E-state index >= 15 is 0 Å². The van der Waals surface area contributed by atoms with Gasteiger partial charge in [0, 0.05) is 19.1 Å². The lowest BCUT2D eigenvalue weighted by molar-refractivity contribution is 0.0907. The Morgan fingerprint density at radius 2 is 2.40 bits per heavy atom. The third-order valence-electron chi connectivity index (χ3n) is 2.86. The summed E-state index contributed by atoms with van der Waals surface area (Å²) in [5.74, 6) is 0.267. The third kappa shape index (κ3) is 2.36. The second-order valence-electron chi connectivity index (χ2n) is 3.95. The van der Waals surface area contributed by atoms with Crippen LogP contribution in [-0.2, 0) is 4.74 Å². The van der Waals surface area contributed by atoms with Gasteiger partial charge in [-0.05, 0) is 31.2 Å². The molecule has 0 bridgehead atoms. The number of hydrogen-bond acceptors (Lipinski definition) is 2. The number of benzene rings is 1. The van der Waals surface area contributed by atoms with Crippen LogP contribution in [0.3, 0.4) is 0 Å². The van der Waals surface area contributed by atoms with E-state index in [1.54, 1.807) is 12.1 Å². The maximum Gasteiger partial charge on any atom is 0.123 e. The highest BCUT2D eigenvalue weighted by atomic mass is 19.1. The second kappa shape index (κ2) is 4.73. The summed E-state index contributed by atoms with van der Waals surface area (Å²) in [6.07, 6.45) is 1.09. The first kappa shape index (κ1) is 10.6. The molecule has 2 unspecified atom stereocenters. The number of halogens is 1. The molecule has 0 spiro atoms. The molecule has 0 aliphatic carbocycles. The molecular formula is C12H16FNO. The van der Waals surface area contributed by atoms with Gasteiger partial charge in [-0.3, -0.25) is 0 Å². The first-order valence-electron chi connectivity index (χ1n) is 5.33. The molecule has 1 heterocycles. The molecule has 15 heavy (non-hydrogen) atoms. The molecule has 3 heteroatoms. The molecule has 0 aromatic heterocycles. The smallest absolute Gasteiger partial charge is 0.123 e. The molecule has 0 saturated carbocycles. The minimum atomic E-state index is -0.189. The van der Waals surface area contributed by atoms with Crippen LogP contribution < -0.4 is 5.32 Å². The SMILES string of the molecule is CNCC1CCOC1c1cccc(F)c1. The summed E-state index contributed by atoms with van der Waals surface area (Å²) in [5, 5.41) is 3.15. The first-order valence-corrected chi connectivity index (χ1v) is 5.33. The zero-order valence-electron chi connectivity index (χ0n) is 8.87. The maximum atomic E-state index is 13.1. The van der Waals surface area contributed by atoms with Crippen molar-refractivity contribution in [2.75, 3.05) is 20.2 Å². The topological polar surface area (TPSA) is 21.3 Å². The molecule has 1 aromatic rings. The summed E-state index contributed by atoms with van der Waals surface area (Å²) in [7, 11) is 1.93. The zero-order chi connectivity index (χ0) is 10.7. The van der Waals surface area contributed by atoms with Crippen LogP contribution in [0.2, 0.25) is 0 Å². The van der Waals surface area contributed by atoms with E-state index in [1.165, 1.54) is 6.07 Å². The molecule has 1 aliphatic rings. The quantitative estimate of drug-likeness (QED) is 0.823. The lowest BCUT2D eigenvalue weighted by Gasteiger charge is -2.18. The second-order valence-corrected chi connectivity index (χ2v) is 3.95. The van der Waals surface area contributed by atoms with Gasteiger partial charge in [0.25, 0.3) is 0 Å². The molecule has 1 fully saturated rings. The van der Waals surface area contributed by atoms with Gasteiger partial charge in [-0.2, -0.15) is 0 Å². The molecule has 2 atom stereocenters. The van der Waals surface area contributed by atoms with Crippen molar-refractivity contribution < 1.29 is 9.13 Å². The van der Waals surface area contributed by atoms with Crippen LogP contribution in [0.25, 0.3) is 0 Å². The molecule has 1 N–H and O–H groups in total. The molecule has 1 aliphatic heterocycles. The number of ether oxygens (including phenoxy) is 1. The molecule has 82 valence electrons. The normalized spacial score (nSPS) is 25.7. The van der Waals surface area contributed by atoms with Gasteiger partial charge in [-0.15, -0.1) is 0 Å². The van der Waals surface area contributed by atoms with E-state index in [1.807, 2.05) is 13.1 Å². The van der Waals surface area contributed by atoms with E-state index < -0.39 is 0 Å². The summed E-state index contributed by atoms with van der Waals surface area (Å²) in [4.78, 5) is 0. The van der Waals surface area contributed by atoms with Crippen molar-refractivity contribution in [3.8, 4) is 0 Å². The van der Waals surface area contributed by atoms with Crippen LogP contribution in [0.4, 0.5) is 4.39 Å². The van der Waals surface area contributed by atoms with E-state index in [0.29, 0.717) is 5.92 Å². The largest absolute Gasteiger partial charge is 0.373 e. The van der Waals surface area contributed by atoms with Crippen LogP contribution in [0, 0.1) is 11.7 Å². The van der Waals surface area contributed by atoms with Crippen molar-refractivity contribution in [1.29, 1.82) is 0 Å². The van der Waals surface area contributed by atoms with Crippen molar-refractivity contribution in [2.24, 2.45) is 5.92 Å². The number of rotatable bonds is 3. The van der Waals surface area contributed by atoms with Crippen LogP contribution >= 0.6 is 0 Å². The fourth-order valence-corrected chi connectivity index (χ4v) is 2.16. The van der Waals surface area contributed by atoms with Gasteiger partial charge in [0.1, 0.15) is 5.82 Å². The Morgan fingerprint density at radius 1 is 1.53 bits per heavy atom. The van der Waals surface area contributed by atoms with Gasteiger partial charge >= 0.3 is 0 Å². The predicted octanol–water partition coefficient (Wildman–Crippen LogP) is 2.12. The van der Waals surface area contributed by atoms with Gasteiger partial charge in [0.15, 0.2) is 0 Å². The molecule has 1 saturated heterocycles. The molecular weight excluding hydrogens is 193 g/mol. The van der Waals surface area contributed by atoms with Gasteiger partial charge in [-0.25, -0.2) is 4.39 Å². The summed E-state index contributed by atoms with van der Waals surface area (Å²) >= 11 is 0. The number of nitrogens with one attached hydrogen (secondary N) is 1. The Balaban J connectivity index is 2.15. The first-order chi connectivity index (χ1) is 7.31. The van der Waals surface area contributed by atoms with E-state index in [4.69, 9.17) is 4.74 Å². The Bertz CT molecular complexity index is 329. The number of hydrogen-bond donors (Lipinski definition) is 1. The summed E-state index contributed by atoms with van der Waals surface area (Å²) in [6, 6.07) is 6.70. The molecule has 0 amide bonds. The van der Waals surface area contributed by atoms with Crippen molar-refractivity contribution >= 4 is 0 Å². The zero-order valence-corrected chi connectivity index (χ0v) is 8.87. The van der Waals surface area contributed by atoms with Crippen LogP contribution in [-0.4, -0.2) is 20.2 Å². The highest BCUT2D eigenvalue weighted by Crippen LogP contribution is 2.34. The fourth-order valence-electron chi connectivity index (χ4n) is 2.16. The summed E-state index contributed by atoms with van der Waals surface area (Å²) in [5.41, 5.74) is 0.952. The van der Waals surface area contributed by atoms with E-state index in [-0.39, 0.29) is 11.9 Å². The average molecular weight is 209 g/mol. The van der Waals surface area contributed by atoms with Crippen molar-refractivity contribution in [3.05, 3.63) is 35.6 Å². The standard InChI is InChI=1S/C12H16FNO/c1-14-8-10-5-6-15-12(10)9-3-2-4-11(13)7-9/h2-4,7,10,12,14H,5-6,8H2,1H3. The maximum absolute atomic E-state index is 13.1. The molecule has 2 rings (SSSR count). The molecule has 2 nitrogen and oxygen atoms in total. The lowest BCUT2D eigenvalue weighted by Crippen LogP contribution is -2.21. The van der Waals surface area contributed by atoms with Crippen LogP contribution in [0.15, 0.2) is 24.3 Å². The predicted molar refractivity (Wildman–Crippen MR) is 57.1 cm³/mol. The molecule has 0 radical (unpaired) electrons. The average Bonchev–Trinajstić information content (AvgIpc) is 2.66. The lowest BCUT2D eigenvalue weighted by atomic mass is 9.95. The van der Waals surface area contributed by atoms with Gasteiger partial charge in [0.2, 0.25) is 0 Å². The van der Waals surface area contributed by atoms with E-state index in [9.17, 15) is 4.39 Å². The Hall–Kier alpha value is -0.930. The Labute approximate surface area is 89.4 Å². The van der Waals surface area contributed by atoms with Gasteiger partial charge in [0.05, 0.1) is 6.10 Å². The van der Waals surface area contributed by atoms with Crippen molar-refractivity contribution in [2.45, 2.75) is 12.5 Å². The highest BCUT2D eigenvalue weighted by Gasteiger charge is 2.28. The van der Waals surface area contributed by atoms with Crippen molar-refractivity contribution in [3.63, 3.8) is 0 Å². The third-order valence-corrected chi connectivity index (χ3v) is 2.86. The summed E-state index contributed by atoms with van der Waals surface area (Å²) in [6.45, 7) is 1.69. The van der Waals surface area contributed by atoms with Crippen LogP contribution in [0.1, 0.15) is 18.1 Å². The van der Waals surface area contributed by atoms with Gasteiger partial charge in [-0.1, -0.05) is 12.1 Å². The van der Waals surface area contributed by atoms with Gasteiger partial charge < -0.3 is 10.1 Å². The van der Waals surface area contributed by atoms with Crippen molar-refractivity contribution in [1.82, 2.24) is 5.32 Å². The van der Waals surface area contributed by atoms with E-state index in [2.05, 4.69) is 5.32 Å². The minimum absolute atomic E-state index is 0.0492.